The molecule has 20 heavy (non-hydrogen) atoms. The van der Waals surface area contributed by atoms with Gasteiger partial charge < -0.3 is 0 Å². The minimum absolute atomic E-state index is 0.151. The number of hydrogen-bond acceptors (Lipinski definition) is 1. The fourth-order valence-corrected chi connectivity index (χ4v) is 2.35. The Morgan fingerprint density at radius 3 is 2.20 bits per heavy atom. The van der Waals surface area contributed by atoms with Crippen molar-refractivity contribution in [1.82, 2.24) is 4.98 Å². The molecule has 1 nitrogen and oxygen atoms in total. The van der Waals surface area contributed by atoms with Gasteiger partial charge in [0, 0.05) is 10.9 Å². The average molecular weight is 261 g/mol. The fraction of sp³-hybridized carbons (Fsp3) is 0.211. The molecule has 1 heterocycles. The maximum absolute atomic E-state index is 4.82. The van der Waals surface area contributed by atoms with E-state index in [1.54, 1.807) is 0 Å². The first-order valence-electron chi connectivity index (χ1n) is 7.01. The largest absolute Gasteiger partial charge is 0.248 e. The van der Waals surface area contributed by atoms with Crippen molar-refractivity contribution in [3.8, 4) is 11.3 Å². The van der Waals surface area contributed by atoms with E-state index in [-0.39, 0.29) is 5.41 Å². The zero-order valence-electron chi connectivity index (χ0n) is 12.2. The zero-order chi connectivity index (χ0) is 14.2. The van der Waals surface area contributed by atoms with Gasteiger partial charge in [-0.05, 0) is 23.1 Å². The van der Waals surface area contributed by atoms with Crippen LogP contribution in [0.15, 0.2) is 60.7 Å². The predicted octanol–water partition coefficient (Wildman–Crippen LogP) is 5.20. The van der Waals surface area contributed by atoms with E-state index in [9.17, 15) is 0 Å². The van der Waals surface area contributed by atoms with Gasteiger partial charge in [0.25, 0.3) is 0 Å². The second kappa shape index (κ2) is 4.75. The monoisotopic (exact) mass is 261 g/mol. The van der Waals surface area contributed by atoms with E-state index in [1.165, 1.54) is 10.9 Å². The van der Waals surface area contributed by atoms with Crippen molar-refractivity contribution in [2.45, 2.75) is 26.2 Å². The lowest BCUT2D eigenvalue weighted by molar-refractivity contribution is 0.591. The van der Waals surface area contributed by atoms with E-state index >= 15 is 0 Å². The molecule has 1 heteroatoms. The van der Waals surface area contributed by atoms with Crippen LogP contribution in [0.2, 0.25) is 0 Å². The van der Waals surface area contributed by atoms with Crippen molar-refractivity contribution in [3.05, 3.63) is 66.2 Å². The fourth-order valence-electron chi connectivity index (χ4n) is 2.35. The Kier molecular flexibility index (Phi) is 3.06. The average Bonchev–Trinajstić information content (AvgIpc) is 2.46. The summed E-state index contributed by atoms with van der Waals surface area (Å²) in [5.74, 6) is 0. The van der Waals surface area contributed by atoms with Crippen molar-refractivity contribution in [2.75, 3.05) is 0 Å². The minimum Gasteiger partial charge on any atom is -0.248 e. The summed E-state index contributed by atoms with van der Waals surface area (Å²) in [6.45, 7) is 6.69. The van der Waals surface area contributed by atoms with Gasteiger partial charge in [0.05, 0.1) is 11.2 Å². The SMILES string of the molecule is CC(C)(C)c1ccc2ccc(-c3ccccc3)nc2c1. The van der Waals surface area contributed by atoms with Gasteiger partial charge in [-0.2, -0.15) is 0 Å². The molecule has 0 atom stereocenters. The maximum atomic E-state index is 4.82. The molecule has 0 unspecified atom stereocenters. The molecule has 0 aliphatic carbocycles. The molecule has 100 valence electrons. The minimum atomic E-state index is 0.151. The van der Waals surface area contributed by atoms with E-state index in [2.05, 4.69) is 63.2 Å². The van der Waals surface area contributed by atoms with Gasteiger partial charge in [-0.1, -0.05) is 69.3 Å². The van der Waals surface area contributed by atoms with Crippen molar-refractivity contribution in [1.29, 1.82) is 0 Å². The van der Waals surface area contributed by atoms with Crippen molar-refractivity contribution in [2.24, 2.45) is 0 Å². The third kappa shape index (κ3) is 2.44. The van der Waals surface area contributed by atoms with E-state index in [0.29, 0.717) is 0 Å². The molecule has 0 aliphatic rings. The highest BCUT2D eigenvalue weighted by Crippen LogP contribution is 2.27. The quantitative estimate of drug-likeness (QED) is 0.586. The highest BCUT2D eigenvalue weighted by molar-refractivity contribution is 5.82. The van der Waals surface area contributed by atoms with Crippen LogP contribution in [0.1, 0.15) is 26.3 Å². The Morgan fingerprint density at radius 2 is 1.50 bits per heavy atom. The number of pyridine rings is 1. The summed E-state index contributed by atoms with van der Waals surface area (Å²) in [6.07, 6.45) is 0. The summed E-state index contributed by atoms with van der Waals surface area (Å²) in [6, 6.07) is 21.1. The van der Waals surface area contributed by atoms with E-state index in [0.717, 1.165) is 16.8 Å². The summed E-state index contributed by atoms with van der Waals surface area (Å²) in [5.41, 5.74) is 4.74. The molecule has 0 N–H and O–H groups in total. The van der Waals surface area contributed by atoms with Crippen LogP contribution in [0, 0.1) is 0 Å². The third-order valence-corrected chi connectivity index (χ3v) is 3.63. The predicted molar refractivity (Wildman–Crippen MR) is 85.9 cm³/mol. The van der Waals surface area contributed by atoms with Crippen LogP contribution in [0.5, 0.6) is 0 Å². The number of aromatic nitrogens is 1. The van der Waals surface area contributed by atoms with Gasteiger partial charge in [0.1, 0.15) is 0 Å². The van der Waals surface area contributed by atoms with Crippen molar-refractivity contribution < 1.29 is 0 Å². The molecule has 3 rings (SSSR count). The molecular formula is C19H19N. The maximum Gasteiger partial charge on any atom is 0.0712 e. The van der Waals surface area contributed by atoms with Gasteiger partial charge in [-0.25, -0.2) is 4.98 Å². The van der Waals surface area contributed by atoms with Crippen LogP contribution >= 0.6 is 0 Å². The Hall–Kier alpha value is -2.15. The Bertz CT molecular complexity index is 737. The molecule has 0 saturated carbocycles. The molecule has 0 bridgehead atoms. The Morgan fingerprint density at radius 1 is 0.800 bits per heavy atom. The summed E-state index contributed by atoms with van der Waals surface area (Å²) in [5, 5.41) is 1.19. The summed E-state index contributed by atoms with van der Waals surface area (Å²) < 4.78 is 0. The standard InChI is InChI=1S/C19H19N/c1-19(2,3)16-11-9-15-10-12-17(20-18(15)13-16)14-7-5-4-6-8-14/h4-13H,1-3H3. The summed E-state index contributed by atoms with van der Waals surface area (Å²) >= 11 is 0. The van der Waals surface area contributed by atoms with Gasteiger partial charge in [0.2, 0.25) is 0 Å². The molecule has 0 fully saturated rings. The first-order chi connectivity index (χ1) is 9.54. The van der Waals surface area contributed by atoms with Crippen LogP contribution in [0.3, 0.4) is 0 Å². The normalized spacial score (nSPS) is 11.8. The van der Waals surface area contributed by atoms with Gasteiger partial charge in [-0.15, -0.1) is 0 Å². The zero-order valence-corrected chi connectivity index (χ0v) is 12.2. The number of hydrogen-bond donors (Lipinski definition) is 0. The first kappa shape index (κ1) is 12.9. The number of benzene rings is 2. The Balaban J connectivity index is 2.14. The highest BCUT2D eigenvalue weighted by Gasteiger charge is 2.14. The van der Waals surface area contributed by atoms with Gasteiger partial charge >= 0.3 is 0 Å². The second-order valence-electron chi connectivity index (χ2n) is 6.22. The van der Waals surface area contributed by atoms with Crippen molar-refractivity contribution >= 4 is 10.9 Å². The molecule has 0 spiro atoms. The summed E-state index contributed by atoms with van der Waals surface area (Å²) in [7, 11) is 0. The lowest BCUT2D eigenvalue weighted by Crippen LogP contribution is -2.10. The molecule has 1 aromatic heterocycles. The number of fused-ring (bicyclic) bond motifs is 1. The lowest BCUT2D eigenvalue weighted by atomic mass is 9.86. The Labute approximate surface area is 120 Å². The molecule has 0 saturated heterocycles. The second-order valence-corrected chi connectivity index (χ2v) is 6.22. The van der Waals surface area contributed by atoms with Crippen LogP contribution in [0.25, 0.3) is 22.2 Å². The topological polar surface area (TPSA) is 12.9 Å². The molecule has 0 amide bonds. The van der Waals surface area contributed by atoms with Crippen molar-refractivity contribution in [3.63, 3.8) is 0 Å². The molecule has 3 aromatic rings. The molecule has 0 radical (unpaired) electrons. The number of nitrogens with zero attached hydrogens (tertiary/aromatic N) is 1. The van der Waals surface area contributed by atoms with Crippen LogP contribution in [-0.4, -0.2) is 4.98 Å². The van der Waals surface area contributed by atoms with Crippen LogP contribution in [-0.2, 0) is 5.41 Å². The van der Waals surface area contributed by atoms with Crippen LogP contribution < -0.4 is 0 Å². The highest BCUT2D eigenvalue weighted by atomic mass is 14.7. The molecular weight excluding hydrogens is 242 g/mol. The van der Waals surface area contributed by atoms with E-state index < -0.39 is 0 Å². The van der Waals surface area contributed by atoms with Gasteiger partial charge in [-0.3, -0.25) is 0 Å². The van der Waals surface area contributed by atoms with E-state index in [4.69, 9.17) is 4.98 Å². The smallest absolute Gasteiger partial charge is 0.0712 e. The first-order valence-corrected chi connectivity index (χ1v) is 7.01. The third-order valence-electron chi connectivity index (χ3n) is 3.63. The van der Waals surface area contributed by atoms with Gasteiger partial charge in [0.15, 0.2) is 0 Å². The van der Waals surface area contributed by atoms with E-state index in [1.807, 2.05) is 18.2 Å². The van der Waals surface area contributed by atoms with Crippen LogP contribution in [0.4, 0.5) is 0 Å². The lowest BCUT2D eigenvalue weighted by Gasteiger charge is -2.19. The molecule has 0 aliphatic heterocycles. The number of rotatable bonds is 1. The summed E-state index contributed by atoms with van der Waals surface area (Å²) in [4.78, 5) is 4.82. The molecule has 2 aromatic carbocycles.